The van der Waals surface area contributed by atoms with Crippen molar-refractivity contribution in [3.63, 3.8) is 0 Å². The number of nitrogens with two attached hydrogens (primary N) is 1. The lowest BCUT2D eigenvalue weighted by atomic mass is 9.88. The minimum absolute atomic E-state index is 0.0681. The summed E-state index contributed by atoms with van der Waals surface area (Å²) in [6.45, 7) is 7.20. The Labute approximate surface area is 136 Å². The van der Waals surface area contributed by atoms with Gasteiger partial charge in [0.1, 0.15) is 0 Å². The number of amides is 1. The molecule has 3 N–H and O–H groups in total. The van der Waals surface area contributed by atoms with Crippen molar-refractivity contribution in [2.75, 3.05) is 6.54 Å². The summed E-state index contributed by atoms with van der Waals surface area (Å²) in [5.74, 6) is -0.144. The summed E-state index contributed by atoms with van der Waals surface area (Å²) in [5.41, 5.74) is 9.38. The highest BCUT2D eigenvalue weighted by molar-refractivity contribution is 5.93. The Morgan fingerprint density at radius 3 is 2.70 bits per heavy atom. The van der Waals surface area contributed by atoms with Gasteiger partial charge in [-0.15, -0.1) is 0 Å². The van der Waals surface area contributed by atoms with Crippen LogP contribution in [0, 0.1) is 0 Å². The number of aromatic nitrogens is 2. The lowest BCUT2D eigenvalue weighted by Gasteiger charge is -2.30. The van der Waals surface area contributed by atoms with Gasteiger partial charge in [-0.1, -0.05) is 37.3 Å². The predicted octanol–water partition coefficient (Wildman–Crippen LogP) is 2.55. The van der Waals surface area contributed by atoms with Crippen LogP contribution in [0.25, 0.3) is 0 Å². The number of nitrogens with one attached hydrogen (secondary N) is 1. The second-order valence-corrected chi connectivity index (χ2v) is 6.60. The molecular weight excluding hydrogens is 288 g/mol. The van der Waals surface area contributed by atoms with E-state index in [0.29, 0.717) is 11.6 Å². The monoisotopic (exact) mass is 312 g/mol. The Morgan fingerprint density at radius 1 is 1.39 bits per heavy atom. The topological polar surface area (TPSA) is 72.9 Å². The number of nitrogens with zero attached hydrogens (tertiary/aromatic N) is 2. The molecule has 3 rings (SSSR count). The Morgan fingerprint density at radius 2 is 2.09 bits per heavy atom. The molecule has 1 aliphatic heterocycles. The van der Waals surface area contributed by atoms with Gasteiger partial charge in [-0.25, -0.2) is 0 Å². The van der Waals surface area contributed by atoms with Crippen LogP contribution in [0.5, 0.6) is 0 Å². The summed E-state index contributed by atoms with van der Waals surface area (Å²) in [6, 6.07) is 10.6. The molecule has 1 amide bonds. The third-order valence-electron chi connectivity index (χ3n) is 4.48. The van der Waals surface area contributed by atoms with Crippen LogP contribution >= 0.6 is 0 Å². The van der Waals surface area contributed by atoms with Crippen LogP contribution in [0.15, 0.2) is 30.3 Å². The van der Waals surface area contributed by atoms with Crippen molar-refractivity contribution in [2.45, 2.75) is 45.2 Å². The predicted molar refractivity (Wildman–Crippen MR) is 90.4 cm³/mol. The van der Waals surface area contributed by atoms with Gasteiger partial charge in [0.25, 0.3) is 5.91 Å². The quantitative estimate of drug-likeness (QED) is 0.911. The lowest BCUT2D eigenvalue weighted by molar-refractivity contribution is 0.0993. The number of carbonyl (C=O) groups excluding carboxylic acids is 1. The minimum atomic E-state index is -0.449. The van der Waals surface area contributed by atoms with E-state index in [0.717, 1.165) is 24.2 Å². The van der Waals surface area contributed by atoms with Crippen LogP contribution in [-0.4, -0.2) is 22.2 Å². The van der Waals surface area contributed by atoms with Crippen molar-refractivity contribution in [3.8, 4) is 0 Å². The molecule has 1 aromatic heterocycles. The molecule has 5 nitrogen and oxygen atoms in total. The third kappa shape index (κ3) is 2.88. The van der Waals surface area contributed by atoms with E-state index in [1.807, 2.05) is 22.9 Å². The number of rotatable bonds is 4. The summed E-state index contributed by atoms with van der Waals surface area (Å²) >= 11 is 0. The fraction of sp³-hybridized carbons (Fsp3) is 0.444. The van der Waals surface area contributed by atoms with Gasteiger partial charge in [0.15, 0.2) is 5.69 Å². The minimum Gasteiger partial charge on any atom is -0.364 e. The molecule has 2 atom stereocenters. The molecule has 0 aliphatic carbocycles. The largest absolute Gasteiger partial charge is 0.364 e. The molecule has 2 unspecified atom stereocenters. The van der Waals surface area contributed by atoms with E-state index in [4.69, 9.17) is 5.73 Å². The summed E-state index contributed by atoms with van der Waals surface area (Å²) in [5, 5.41) is 8.10. The molecule has 23 heavy (non-hydrogen) atoms. The Kier molecular flexibility index (Phi) is 4.22. The fourth-order valence-corrected chi connectivity index (χ4v) is 3.41. The summed E-state index contributed by atoms with van der Waals surface area (Å²) in [6.07, 6.45) is 0.824. The fourth-order valence-electron chi connectivity index (χ4n) is 3.41. The lowest BCUT2D eigenvalue weighted by Crippen LogP contribution is -2.35. The first kappa shape index (κ1) is 15.7. The molecule has 1 aromatic carbocycles. The van der Waals surface area contributed by atoms with Gasteiger partial charge in [-0.3, -0.25) is 9.48 Å². The van der Waals surface area contributed by atoms with Gasteiger partial charge < -0.3 is 11.1 Å². The maximum atomic E-state index is 11.9. The zero-order valence-corrected chi connectivity index (χ0v) is 13.9. The zero-order chi connectivity index (χ0) is 16.6. The van der Waals surface area contributed by atoms with Crippen LogP contribution in [0.2, 0.25) is 0 Å². The van der Waals surface area contributed by atoms with Crippen molar-refractivity contribution in [1.29, 1.82) is 0 Å². The molecule has 0 saturated heterocycles. The highest BCUT2D eigenvalue weighted by atomic mass is 16.1. The maximum absolute atomic E-state index is 11.9. The molecule has 2 heterocycles. The SMILES string of the molecule is CC1CNC(Cc2ccccc2)c2c(C(N)=O)nn(C(C)C)c21. The zero-order valence-electron chi connectivity index (χ0n) is 13.9. The highest BCUT2D eigenvalue weighted by Gasteiger charge is 2.34. The van der Waals surface area contributed by atoms with E-state index >= 15 is 0 Å². The van der Waals surface area contributed by atoms with E-state index in [1.165, 1.54) is 5.56 Å². The smallest absolute Gasteiger partial charge is 0.269 e. The second-order valence-electron chi connectivity index (χ2n) is 6.60. The van der Waals surface area contributed by atoms with Crippen LogP contribution in [-0.2, 0) is 6.42 Å². The van der Waals surface area contributed by atoms with E-state index < -0.39 is 5.91 Å². The van der Waals surface area contributed by atoms with Crippen LogP contribution in [0.1, 0.15) is 66.1 Å². The van der Waals surface area contributed by atoms with Gasteiger partial charge in [0, 0.05) is 35.8 Å². The van der Waals surface area contributed by atoms with Crippen molar-refractivity contribution in [3.05, 3.63) is 52.8 Å². The summed E-state index contributed by atoms with van der Waals surface area (Å²) < 4.78 is 1.97. The van der Waals surface area contributed by atoms with Crippen molar-refractivity contribution in [1.82, 2.24) is 15.1 Å². The number of carbonyl (C=O) groups is 1. The standard InChI is InChI=1S/C18H24N4O/c1-11(2)22-17-12(3)10-20-14(9-13-7-5-4-6-8-13)15(17)16(21-22)18(19)23/h4-8,11-12,14,20H,9-10H2,1-3H3,(H2,19,23). The molecule has 0 bridgehead atoms. The van der Waals surface area contributed by atoms with Gasteiger partial charge >= 0.3 is 0 Å². The molecule has 0 fully saturated rings. The van der Waals surface area contributed by atoms with Crippen LogP contribution < -0.4 is 11.1 Å². The first-order valence-electron chi connectivity index (χ1n) is 8.18. The highest BCUT2D eigenvalue weighted by Crippen LogP contribution is 2.35. The molecule has 2 aromatic rings. The second kappa shape index (κ2) is 6.16. The number of hydrogen-bond donors (Lipinski definition) is 2. The van der Waals surface area contributed by atoms with Gasteiger partial charge in [-0.2, -0.15) is 5.10 Å². The van der Waals surface area contributed by atoms with E-state index in [9.17, 15) is 4.79 Å². The first-order chi connectivity index (χ1) is 11.0. The molecule has 1 aliphatic rings. The van der Waals surface area contributed by atoms with E-state index in [-0.39, 0.29) is 12.1 Å². The average molecular weight is 312 g/mol. The number of benzene rings is 1. The molecule has 0 saturated carbocycles. The number of hydrogen-bond acceptors (Lipinski definition) is 3. The third-order valence-corrected chi connectivity index (χ3v) is 4.48. The summed E-state index contributed by atoms with van der Waals surface area (Å²) in [7, 11) is 0. The van der Waals surface area contributed by atoms with Crippen molar-refractivity contribution in [2.24, 2.45) is 5.73 Å². The molecular formula is C18H24N4O. The molecule has 122 valence electrons. The van der Waals surface area contributed by atoms with Crippen LogP contribution in [0.4, 0.5) is 0 Å². The maximum Gasteiger partial charge on any atom is 0.269 e. The van der Waals surface area contributed by atoms with Crippen molar-refractivity contribution >= 4 is 5.91 Å². The van der Waals surface area contributed by atoms with Gasteiger partial charge in [0.05, 0.1) is 0 Å². The summed E-state index contributed by atoms with van der Waals surface area (Å²) in [4.78, 5) is 11.9. The number of primary amides is 1. The van der Waals surface area contributed by atoms with E-state index in [1.54, 1.807) is 0 Å². The average Bonchev–Trinajstić information content (AvgIpc) is 2.93. The Bertz CT molecular complexity index is 705. The van der Waals surface area contributed by atoms with E-state index in [2.05, 4.69) is 43.3 Å². The van der Waals surface area contributed by atoms with Crippen LogP contribution in [0.3, 0.4) is 0 Å². The molecule has 5 heteroatoms. The molecule has 0 spiro atoms. The Balaban J connectivity index is 2.08. The van der Waals surface area contributed by atoms with Gasteiger partial charge in [-0.05, 0) is 25.8 Å². The number of fused-ring (bicyclic) bond motifs is 1. The normalized spacial score (nSPS) is 20.5. The first-order valence-corrected chi connectivity index (χ1v) is 8.18. The van der Waals surface area contributed by atoms with Crippen molar-refractivity contribution < 1.29 is 4.79 Å². The Hall–Kier alpha value is -2.14. The molecule has 0 radical (unpaired) electrons. The van der Waals surface area contributed by atoms with Gasteiger partial charge in [0.2, 0.25) is 0 Å².